The number of pyridine rings is 1. The van der Waals surface area contributed by atoms with E-state index in [2.05, 4.69) is 11.9 Å². The molecule has 0 bridgehead atoms. The van der Waals surface area contributed by atoms with Crippen LogP contribution in [0.25, 0.3) is 22.3 Å². The molecule has 1 aliphatic heterocycles. The van der Waals surface area contributed by atoms with E-state index in [0.717, 1.165) is 30.8 Å². The second kappa shape index (κ2) is 19.1. The quantitative estimate of drug-likeness (QED) is 0.0722. The zero-order chi connectivity index (χ0) is 46.8. The largest absolute Gasteiger partial charge is 0.497 e. The van der Waals surface area contributed by atoms with Gasteiger partial charge in [0.2, 0.25) is 11.8 Å². The van der Waals surface area contributed by atoms with Gasteiger partial charge in [-0.1, -0.05) is 45.0 Å². The number of carbonyl (C=O) groups is 4. The van der Waals surface area contributed by atoms with E-state index in [4.69, 9.17) is 28.4 Å². The highest BCUT2D eigenvalue weighted by molar-refractivity contribution is 7.85. The lowest BCUT2D eigenvalue weighted by molar-refractivity contribution is -0.156. The summed E-state index contributed by atoms with van der Waals surface area (Å²) in [6.45, 7) is 15.2. The van der Waals surface area contributed by atoms with Gasteiger partial charge in [0.1, 0.15) is 35.2 Å². The molecule has 0 radical (unpaired) electrons. The van der Waals surface area contributed by atoms with Gasteiger partial charge in [0.05, 0.1) is 48.7 Å². The van der Waals surface area contributed by atoms with Gasteiger partial charge in [0.25, 0.3) is 0 Å². The molecule has 2 aromatic carbocycles. The summed E-state index contributed by atoms with van der Waals surface area (Å²) in [4.78, 5) is 68.4. The van der Waals surface area contributed by atoms with Gasteiger partial charge in [-0.25, -0.2) is 14.7 Å². The number of aryl methyl sites for hydroxylation is 1. The van der Waals surface area contributed by atoms with Gasteiger partial charge in [-0.2, -0.15) is 8.42 Å². The van der Waals surface area contributed by atoms with Crippen LogP contribution in [-0.2, 0) is 34.2 Å². The van der Waals surface area contributed by atoms with Crippen LogP contribution in [-0.4, -0.2) is 84.8 Å². The number of benzene rings is 2. The second-order valence-corrected chi connectivity index (χ2v) is 20.9. The number of allylic oxidation sites excluding steroid dienone is 1. The molecule has 5 atom stereocenters. The van der Waals surface area contributed by atoms with E-state index < -0.39 is 68.7 Å². The number of methoxy groups -OCH3 is 1. The van der Waals surface area contributed by atoms with Crippen molar-refractivity contribution in [3.63, 3.8) is 0 Å². The molecule has 2 saturated carbocycles. The molecule has 348 valence electrons. The number of hydrogen-bond donors (Lipinski definition) is 2. The van der Waals surface area contributed by atoms with Gasteiger partial charge >= 0.3 is 16.3 Å². The molecule has 2 aliphatic carbocycles. The fourth-order valence-corrected chi connectivity index (χ4v) is 10.6. The number of carbonyl (C=O) groups excluding carboxylic acids is 4. The molecule has 7 rings (SSSR count). The van der Waals surface area contributed by atoms with Crippen LogP contribution in [0.5, 0.6) is 17.2 Å². The number of ether oxygens (including phenoxy) is 3. The molecule has 0 spiro atoms. The van der Waals surface area contributed by atoms with E-state index in [1.54, 1.807) is 50.4 Å². The number of nitrogens with zero attached hydrogens (tertiary/aromatic N) is 3. The zero-order valence-electron chi connectivity index (χ0n) is 38.0. The van der Waals surface area contributed by atoms with E-state index in [1.165, 1.54) is 28.4 Å². The fraction of sp³-hybridized carbons (Fsp3) is 0.500. The number of likely N-dealkylation sites (tertiary alicyclic amines) is 1. The normalized spacial score (nSPS) is 21.5. The van der Waals surface area contributed by atoms with E-state index in [0.29, 0.717) is 39.4 Å². The number of aromatic nitrogens is 2. The lowest BCUT2D eigenvalue weighted by atomic mass is 9.77. The van der Waals surface area contributed by atoms with E-state index in [1.807, 2.05) is 50.8 Å². The van der Waals surface area contributed by atoms with Crippen molar-refractivity contribution in [3.8, 4) is 28.6 Å². The SMILES string of the molecule is C=C[C@@H]1C[C@]1(CC(=O)[C@@H]1C[C@@H](Oc2cc(-c3csc(NC(C)C)n3)nc3cc(OC)ccc23)CN1C(=O)[C@@H](CC(=O)OC1CCCC1)C(C)(C)C)C(=O)NS(=O)(=O)Oc1ccccc1C. The molecule has 1 saturated heterocycles. The molecule has 2 aromatic heterocycles. The Morgan fingerprint density at radius 3 is 2.42 bits per heavy atom. The summed E-state index contributed by atoms with van der Waals surface area (Å²) in [5.41, 5.74) is 0.1000. The summed E-state index contributed by atoms with van der Waals surface area (Å²) in [5, 5.41) is 6.62. The monoisotopic (exact) mass is 929 g/mol. The second-order valence-electron chi connectivity index (χ2n) is 18.8. The number of rotatable bonds is 18. The Hall–Kier alpha value is -5.55. The predicted molar refractivity (Wildman–Crippen MR) is 248 cm³/mol. The maximum atomic E-state index is 15.0. The minimum absolute atomic E-state index is 0.0172. The molecular formula is C48H59N5O10S2. The Morgan fingerprint density at radius 2 is 1.75 bits per heavy atom. The van der Waals surface area contributed by atoms with Gasteiger partial charge in [-0.05, 0) is 88.0 Å². The van der Waals surface area contributed by atoms with Gasteiger partial charge in [0, 0.05) is 41.8 Å². The molecule has 15 nitrogen and oxygen atoms in total. The summed E-state index contributed by atoms with van der Waals surface area (Å²) in [6.07, 6.45) is 3.74. The van der Waals surface area contributed by atoms with Crippen LogP contribution in [0.15, 0.2) is 66.6 Å². The summed E-state index contributed by atoms with van der Waals surface area (Å²) < 4.78 is 51.8. The number of para-hydroxylation sites is 1. The predicted octanol–water partition coefficient (Wildman–Crippen LogP) is 7.97. The molecule has 3 aliphatic rings. The minimum Gasteiger partial charge on any atom is -0.497 e. The third kappa shape index (κ3) is 10.9. The van der Waals surface area contributed by atoms with Crippen molar-refractivity contribution >= 4 is 61.2 Å². The molecule has 17 heteroatoms. The first-order valence-corrected chi connectivity index (χ1v) is 24.4. The van der Waals surface area contributed by atoms with Crippen molar-refractivity contribution in [2.45, 2.75) is 117 Å². The molecule has 3 heterocycles. The van der Waals surface area contributed by atoms with Crippen molar-refractivity contribution in [3.05, 3.63) is 72.1 Å². The third-order valence-corrected chi connectivity index (χ3v) is 14.2. The van der Waals surface area contributed by atoms with Crippen molar-refractivity contribution in [1.82, 2.24) is 19.6 Å². The number of ketones is 1. The van der Waals surface area contributed by atoms with Crippen LogP contribution in [0.4, 0.5) is 5.13 Å². The first-order valence-electron chi connectivity index (χ1n) is 22.1. The molecule has 4 aromatic rings. The lowest BCUT2D eigenvalue weighted by Gasteiger charge is -2.35. The zero-order valence-corrected chi connectivity index (χ0v) is 39.7. The average Bonchev–Trinajstić information content (AvgIpc) is 3.65. The highest BCUT2D eigenvalue weighted by Gasteiger charge is 2.61. The van der Waals surface area contributed by atoms with Crippen LogP contribution in [0.3, 0.4) is 0 Å². The number of Topliss-reactive ketones (excluding diaryl/α,β-unsaturated/α-hetero) is 1. The highest BCUT2D eigenvalue weighted by atomic mass is 32.2. The van der Waals surface area contributed by atoms with Gasteiger partial charge < -0.3 is 28.6 Å². The third-order valence-electron chi connectivity index (χ3n) is 12.6. The standard InChI is InChI=1S/C48H59N5O10S2/c1-9-30-24-48(30,45(57)52-65(58,59)63-41-17-13-10-14-29(41)4)25-40(54)39-21-33(26-53(39)44(56)35(47(5,6)7)22-43(55)62-31-15-11-12-16-31)61-42-23-37(38-27-64-46(51-38)49-28(2)3)50-36-20-32(60-8)18-19-34(36)42/h9-10,13-14,17-20,23,27-28,30-31,33,35,39H,1,11-12,15-16,21-22,24-26H2,2-8H3,(H,49,51)(H,52,57)/t30-,33-,35-,39+,48-/m1/s1. The Balaban J connectivity index is 1.20. The summed E-state index contributed by atoms with van der Waals surface area (Å²) in [7, 11) is -3.08. The Bertz CT molecular complexity index is 2570. The first-order chi connectivity index (χ1) is 30.8. The summed E-state index contributed by atoms with van der Waals surface area (Å²) in [5.74, 6) is -2.58. The van der Waals surface area contributed by atoms with Crippen LogP contribution < -0.4 is 23.7 Å². The minimum atomic E-state index is -4.65. The van der Waals surface area contributed by atoms with Crippen LogP contribution in [0.2, 0.25) is 0 Å². The number of amides is 2. The van der Waals surface area contributed by atoms with E-state index in [-0.39, 0.29) is 50.1 Å². The van der Waals surface area contributed by atoms with E-state index >= 15 is 0 Å². The Labute approximate surface area is 384 Å². The number of anilines is 1. The molecule has 65 heavy (non-hydrogen) atoms. The molecule has 2 N–H and O–H groups in total. The van der Waals surface area contributed by atoms with Gasteiger partial charge in [-0.3, -0.25) is 19.2 Å². The van der Waals surface area contributed by atoms with Crippen molar-refractivity contribution in [1.29, 1.82) is 0 Å². The molecule has 3 fully saturated rings. The first kappa shape index (κ1) is 47.4. The van der Waals surface area contributed by atoms with Gasteiger partial charge in [-0.15, -0.1) is 17.9 Å². The topological polar surface area (TPSA) is 192 Å². The molecule has 0 unspecified atom stereocenters. The fourth-order valence-electron chi connectivity index (χ4n) is 8.84. The number of fused-ring (bicyclic) bond motifs is 1. The van der Waals surface area contributed by atoms with Crippen molar-refractivity contribution < 1.29 is 46.0 Å². The maximum absolute atomic E-state index is 15.0. The number of hydrogen-bond acceptors (Lipinski definition) is 14. The molecule has 2 amide bonds. The van der Waals surface area contributed by atoms with Crippen molar-refractivity contribution in [2.75, 3.05) is 19.0 Å². The van der Waals surface area contributed by atoms with Crippen molar-refractivity contribution in [2.24, 2.45) is 22.7 Å². The van der Waals surface area contributed by atoms with Crippen LogP contribution in [0, 0.1) is 29.6 Å². The maximum Gasteiger partial charge on any atom is 0.409 e. The van der Waals surface area contributed by atoms with E-state index in [9.17, 15) is 27.6 Å². The number of nitrogens with one attached hydrogen (secondary N) is 2. The van der Waals surface area contributed by atoms with Crippen LogP contribution >= 0.6 is 11.3 Å². The Morgan fingerprint density at radius 1 is 1.02 bits per heavy atom. The summed E-state index contributed by atoms with van der Waals surface area (Å²) >= 11 is 1.45. The smallest absolute Gasteiger partial charge is 0.409 e. The van der Waals surface area contributed by atoms with Gasteiger partial charge in [0.15, 0.2) is 10.9 Å². The average molecular weight is 930 g/mol. The summed E-state index contributed by atoms with van der Waals surface area (Å²) in [6, 6.07) is 12.8. The Kier molecular flexibility index (Phi) is 13.9. The lowest BCUT2D eigenvalue weighted by Crippen LogP contribution is -2.48. The number of thiazole rings is 1. The number of esters is 1. The highest BCUT2D eigenvalue weighted by Crippen LogP contribution is 2.57. The molecular weight excluding hydrogens is 871 g/mol. The van der Waals surface area contributed by atoms with Crippen LogP contribution in [0.1, 0.15) is 91.5 Å².